The van der Waals surface area contributed by atoms with E-state index in [0.717, 1.165) is 22.6 Å². The summed E-state index contributed by atoms with van der Waals surface area (Å²) in [4.78, 5) is 11.1. The van der Waals surface area contributed by atoms with Gasteiger partial charge < -0.3 is 9.97 Å². The van der Waals surface area contributed by atoms with Crippen molar-refractivity contribution in [2.24, 2.45) is 4.99 Å². The second-order valence-electron chi connectivity index (χ2n) is 4.53. The Morgan fingerprint density at radius 2 is 2.06 bits per heavy atom. The molecule has 18 heavy (non-hydrogen) atoms. The lowest BCUT2D eigenvalue weighted by atomic mass is 10.2. The van der Waals surface area contributed by atoms with Crippen molar-refractivity contribution in [3.05, 3.63) is 53.5 Å². The Morgan fingerprint density at radius 3 is 2.83 bits per heavy atom. The second kappa shape index (κ2) is 4.18. The number of hydrogen-bond acceptors (Lipinski definition) is 1. The quantitative estimate of drug-likeness (QED) is 0.636. The number of aromatic amines is 2. The van der Waals surface area contributed by atoms with Gasteiger partial charge in [0.05, 0.1) is 23.1 Å². The number of aryl methyl sites for hydroxylation is 2. The van der Waals surface area contributed by atoms with Crippen LogP contribution in [0.2, 0.25) is 0 Å². The van der Waals surface area contributed by atoms with Gasteiger partial charge in [-0.1, -0.05) is 12.1 Å². The number of nitrogens with zero attached hydrogens (tertiary/aromatic N) is 1. The van der Waals surface area contributed by atoms with Gasteiger partial charge in [0.1, 0.15) is 0 Å². The molecular formula is C15H15N3. The summed E-state index contributed by atoms with van der Waals surface area (Å²) in [6, 6.07) is 10.3. The SMILES string of the molecule is Cc1cc(C)c(C=Nc2cccc3cc[nH]c23)[nH]1. The first kappa shape index (κ1) is 10.8. The third kappa shape index (κ3) is 1.84. The van der Waals surface area contributed by atoms with Gasteiger partial charge in [0, 0.05) is 17.3 Å². The van der Waals surface area contributed by atoms with Crippen LogP contribution in [-0.2, 0) is 0 Å². The zero-order chi connectivity index (χ0) is 12.5. The number of benzene rings is 1. The van der Waals surface area contributed by atoms with Crippen molar-refractivity contribution in [2.75, 3.05) is 0 Å². The fourth-order valence-corrected chi connectivity index (χ4v) is 2.19. The predicted octanol–water partition coefficient (Wildman–Crippen LogP) is 3.86. The minimum atomic E-state index is 0.962. The van der Waals surface area contributed by atoms with E-state index in [-0.39, 0.29) is 0 Å². The zero-order valence-electron chi connectivity index (χ0n) is 10.5. The average Bonchev–Trinajstić information content (AvgIpc) is 2.93. The summed E-state index contributed by atoms with van der Waals surface area (Å²) in [7, 11) is 0. The van der Waals surface area contributed by atoms with Crippen LogP contribution in [0, 0.1) is 13.8 Å². The Balaban J connectivity index is 2.01. The van der Waals surface area contributed by atoms with Crippen molar-refractivity contribution in [1.82, 2.24) is 9.97 Å². The van der Waals surface area contributed by atoms with E-state index in [9.17, 15) is 0 Å². The van der Waals surface area contributed by atoms with E-state index in [2.05, 4.69) is 47.0 Å². The molecule has 0 atom stereocenters. The first-order valence-corrected chi connectivity index (χ1v) is 6.00. The van der Waals surface area contributed by atoms with E-state index in [1.807, 2.05) is 24.5 Å². The van der Waals surface area contributed by atoms with Crippen LogP contribution in [0.25, 0.3) is 10.9 Å². The highest BCUT2D eigenvalue weighted by Gasteiger charge is 2.01. The summed E-state index contributed by atoms with van der Waals surface area (Å²) in [5.41, 5.74) is 5.48. The van der Waals surface area contributed by atoms with Gasteiger partial charge in [-0.25, -0.2) is 0 Å². The molecule has 3 rings (SSSR count). The van der Waals surface area contributed by atoms with Gasteiger partial charge in [0.2, 0.25) is 0 Å². The molecule has 3 heteroatoms. The molecule has 0 aliphatic heterocycles. The molecule has 2 aromatic heterocycles. The molecule has 0 amide bonds. The Bertz CT molecular complexity index is 716. The van der Waals surface area contributed by atoms with Gasteiger partial charge in [-0.05, 0) is 37.6 Å². The summed E-state index contributed by atoms with van der Waals surface area (Å²) in [5, 5.41) is 1.18. The van der Waals surface area contributed by atoms with Crippen LogP contribution in [-0.4, -0.2) is 16.2 Å². The van der Waals surface area contributed by atoms with E-state index in [0.29, 0.717) is 0 Å². The molecule has 1 aromatic carbocycles. The van der Waals surface area contributed by atoms with E-state index in [4.69, 9.17) is 0 Å². The Kier molecular flexibility index (Phi) is 2.52. The van der Waals surface area contributed by atoms with Crippen LogP contribution >= 0.6 is 0 Å². The second-order valence-corrected chi connectivity index (χ2v) is 4.53. The van der Waals surface area contributed by atoms with Gasteiger partial charge in [0.25, 0.3) is 0 Å². The summed E-state index contributed by atoms with van der Waals surface area (Å²) < 4.78 is 0. The molecule has 0 saturated carbocycles. The van der Waals surface area contributed by atoms with Gasteiger partial charge in [0.15, 0.2) is 0 Å². The van der Waals surface area contributed by atoms with Crippen molar-refractivity contribution in [1.29, 1.82) is 0 Å². The van der Waals surface area contributed by atoms with Crippen molar-refractivity contribution in [3.8, 4) is 0 Å². The number of fused-ring (bicyclic) bond motifs is 1. The van der Waals surface area contributed by atoms with Crippen molar-refractivity contribution in [2.45, 2.75) is 13.8 Å². The van der Waals surface area contributed by atoms with Crippen LogP contribution in [0.3, 0.4) is 0 Å². The molecule has 0 spiro atoms. The molecule has 0 bridgehead atoms. The average molecular weight is 237 g/mol. The van der Waals surface area contributed by atoms with Gasteiger partial charge in [-0.15, -0.1) is 0 Å². The van der Waals surface area contributed by atoms with E-state index in [1.54, 1.807) is 0 Å². The first-order chi connectivity index (χ1) is 8.74. The number of hydrogen-bond donors (Lipinski definition) is 2. The van der Waals surface area contributed by atoms with E-state index < -0.39 is 0 Å². The minimum Gasteiger partial charge on any atom is -0.359 e. The maximum absolute atomic E-state index is 4.56. The molecule has 3 aromatic rings. The van der Waals surface area contributed by atoms with Crippen molar-refractivity contribution >= 4 is 22.8 Å². The molecular weight excluding hydrogens is 222 g/mol. The fourth-order valence-electron chi connectivity index (χ4n) is 2.19. The lowest BCUT2D eigenvalue weighted by Gasteiger charge is -1.96. The van der Waals surface area contributed by atoms with E-state index in [1.165, 1.54) is 10.9 Å². The zero-order valence-corrected chi connectivity index (χ0v) is 10.5. The summed E-state index contributed by atoms with van der Waals surface area (Å²) in [6.45, 7) is 4.14. The van der Waals surface area contributed by atoms with Gasteiger partial charge in [-0.3, -0.25) is 4.99 Å². The van der Waals surface area contributed by atoms with Crippen molar-refractivity contribution in [3.63, 3.8) is 0 Å². The smallest absolute Gasteiger partial charge is 0.0871 e. The van der Waals surface area contributed by atoms with Gasteiger partial charge >= 0.3 is 0 Å². The minimum absolute atomic E-state index is 0.962. The number of nitrogens with one attached hydrogen (secondary N) is 2. The third-order valence-corrected chi connectivity index (χ3v) is 3.09. The lowest BCUT2D eigenvalue weighted by molar-refractivity contribution is 1.25. The number of aromatic nitrogens is 2. The maximum atomic E-state index is 4.56. The van der Waals surface area contributed by atoms with Crippen LogP contribution in [0.5, 0.6) is 0 Å². The highest BCUT2D eigenvalue weighted by molar-refractivity contribution is 5.92. The monoisotopic (exact) mass is 237 g/mol. The summed E-state index contributed by atoms with van der Waals surface area (Å²) in [5.74, 6) is 0. The molecule has 0 aliphatic carbocycles. The lowest BCUT2D eigenvalue weighted by Crippen LogP contribution is -1.84. The molecule has 0 aliphatic rings. The van der Waals surface area contributed by atoms with Crippen molar-refractivity contribution < 1.29 is 0 Å². The molecule has 0 unspecified atom stereocenters. The topological polar surface area (TPSA) is 43.9 Å². The van der Waals surface area contributed by atoms with Crippen LogP contribution in [0.15, 0.2) is 41.5 Å². The molecule has 2 heterocycles. The molecule has 0 radical (unpaired) electrons. The Morgan fingerprint density at radius 1 is 1.17 bits per heavy atom. The number of H-pyrrole nitrogens is 2. The Labute approximate surface area is 106 Å². The van der Waals surface area contributed by atoms with Gasteiger partial charge in [-0.2, -0.15) is 0 Å². The number of aliphatic imine (C=N–C) groups is 1. The molecule has 90 valence electrons. The normalized spacial score (nSPS) is 11.7. The van der Waals surface area contributed by atoms with Crippen LogP contribution in [0.1, 0.15) is 17.0 Å². The number of rotatable bonds is 2. The first-order valence-electron chi connectivity index (χ1n) is 6.00. The number of para-hydroxylation sites is 1. The van der Waals surface area contributed by atoms with Crippen LogP contribution in [0.4, 0.5) is 5.69 Å². The van der Waals surface area contributed by atoms with E-state index >= 15 is 0 Å². The molecule has 0 saturated heterocycles. The highest BCUT2D eigenvalue weighted by Crippen LogP contribution is 2.24. The predicted molar refractivity (Wildman–Crippen MR) is 75.8 cm³/mol. The molecule has 3 nitrogen and oxygen atoms in total. The Hall–Kier alpha value is -2.29. The summed E-state index contributed by atoms with van der Waals surface area (Å²) in [6.07, 6.45) is 3.83. The molecule has 2 N–H and O–H groups in total. The maximum Gasteiger partial charge on any atom is 0.0871 e. The largest absolute Gasteiger partial charge is 0.359 e. The standard InChI is InChI=1S/C15H15N3/c1-10-8-11(2)18-14(10)9-17-13-5-3-4-12-6-7-16-15(12)13/h3-9,16,18H,1-2H3. The molecule has 0 fully saturated rings. The summed E-state index contributed by atoms with van der Waals surface area (Å²) >= 11 is 0. The highest BCUT2D eigenvalue weighted by atomic mass is 14.8. The third-order valence-electron chi connectivity index (χ3n) is 3.09. The van der Waals surface area contributed by atoms with Crippen LogP contribution < -0.4 is 0 Å². The fraction of sp³-hybridized carbons (Fsp3) is 0.133.